The molecule has 2 aromatic rings. The fourth-order valence-electron chi connectivity index (χ4n) is 2.98. The summed E-state index contributed by atoms with van der Waals surface area (Å²) in [5, 5.41) is 22.1. The summed E-state index contributed by atoms with van der Waals surface area (Å²) in [6, 6.07) is 11.7. The van der Waals surface area contributed by atoms with E-state index in [2.05, 4.69) is 11.4 Å². The summed E-state index contributed by atoms with van der Waals surface area (Å²) >= 11 is 3.05. The van der Waals surface area contributed by atoms with E-state index < -0.39 is 5.54 Å². The molecule has 128 valence electrons. The van der Waals surface area contributed by atoms with Gasteiger partial charge in [-0.15, -0.1) is 23.1 Å². The maximum absolute atomic E-state index is 12.6. The minimum absolute atomic E-state index is 0.0693. The molecule has 2 heterocycles. The van der Waals surface area contributed by atoms with Gasteiger partial charge in [0.2, 0.25) is 5.91 Å². The topological polar surface area (TPSA) is 80.0 Å². The first kappa shape index (κ1) is 17.5. The van der Waals surface area contributed by atoms with Gasteiger partial charge in [-0.3, -0.25) is 15.1 Å². The van der Waals surface area contributed by atoms with Crippen LogP contribution < -0.4 is 5.32 Å². The number of hydrogen-bond donors (Lipinski definition) is 2. The van der Waals surface area contributed by atoms with Gasteiger partial charge in [0.05, 0.1) is 17.2 Å². The molecule has 0 aliphatic carbocycles. The van der Waals surface area contributed by atoms with Crippen molar-refractivity contribution in [2.45, 2.75) is 17.7 Å². The first-order valence-electron chi connectivity index (χ1n) is 7.67. The highest BCUT2D eigenvalue weighted by molar-refractivity contribution is 8.00. The summed E-state index contributed by atoms with van der Waals surface area (Å²) in [6.07, 6.45) is 1.91. The van der Waals surface area contributed by atoms with E-state index in [4.69, 9.17) is 10.7 Å². The second-order valence-corrected chi connectivity index (χ2v) is 7.94. The van der Waals surface area contributed by atoms with Gasteiger partial charge in [0.15, 0.2) is 5.96 Å². The van der Waals surface area contributed by atoms with Crippen molar-refractivity contribution in [1.29, 1.82) is 10.7 Å². The third-order valence-corrected chi connectivity index (χ3v) is 6.78. The zero-order valence-corrected chi connectivity index (χ0v) is 15.8. The molecule has 2 atom stereocenters. The van der Waals surface area contributed by atoms with Crippen molar-refractivity contribution >= 4 is 35.0 Å². The Morgan fingerprint density at radius 1 is 1.40 bits per heavy atom. The Balaban J connectivity index is 2.01. The van der Waals surface area contributed by atoms with Gasteiger partial charge >= 0.3 is 0 Å². The molecule has 2 N–H and O–H groups in total. The average Bonchev–Trinajstić information content (AvgIpc) is 3.11. The highest BCUT2D eigenvalue weighted by Crippen LogP contribution is 2.40. The van der Waals surface area contributed by atoms with Gasteiger partial charge in [0.1, 0.15) is 5.25 Å². The van der Waals surface area contributed by atoms with Gasteiger partial charge in [0.25, 0.3) is 0 Å². The molecule has 1 saturated heterocycles. The minimum Gasteiger partial charge on any atom is -0.344 e. The lowest BCUT2D eigenvalue weighted by molar-refractivity contribution is -0.128. The molecular weight excluding hydrogens is 352 g/mol. The van der Waals surface area contributed by atoms with Crippen molar-refractivity contribution < 1.29 is 4.79 Å². The monoisotopic (exact) mass is 370 g/mol. The lowest BCUT2D eigenvalue weighted by Crippen LogP contribution is -2.65. The molecular formula is C18H18N4OS2. The van der Waals surface area contributed by atoms with Crippen LogP contribution in [0.5, 0.6) is 0 Å². The fourth-order valence-corrected chi connectivity index (χ4v) is 5.14. The number of nitriles is 1. The maximum Gasteiger partial charge on any atom is 0.244 e. The molecule has 3 rings (SSSR count). The fraction of sp³-hybridized carbons (Fsp3) is 0.278. The number of nitrogens with zero attached hydrogens (tertiary/aromatic N) is 2. The van der Waals surface area contributed by atoms with Gasteiger partial charge in [-0.25, -0.2) is 0 Å². The SMILES string of the molecule is CS[C@@H]1C(=O)N(C)C(=N)N[C@]1(C)c1cc(-c2cccc(C#N)c2)cs1. The molecule has 1 aliphatic rings. The molecule has 0 unspecified atom stereocenters. The normalized spacial score (nSPS) is 23.3. The zero-order valence-electron chi connectivity index (χ0n) is 14.2. The van der Waals surface area contributed by atoms with Crippen molar-refractivity contribution in [3.8, 4) is 17.2 Å². The Morgan fingerprint density at radius 2 is 2.16 bits per heavy atom. The number of benzene rings is 1. The summed E-state index contributed by atoms with van der Waals surface area (Å²) in [7, 11) is 1.62. The molecule has 1 aromatic heterocycles. The number of carbonyl (C=O) groups excluding carboxylic acids is 1. The van der Waals surface area contributed by atoms with Crippen LogP contribution in [0.1, 0.15) is 17.4 Å². The van der Waals surface area contributed by atoms with Gasteiger partial charge in [-0.1, -0.05) is 12.1 Å². The van der Waals surface area contributed by atoms with Gasteiger partial charge in [-0.2, -0.15) is 5.26 Å². The first-order chi connectivity index (χ1) is 11.9. The molecule has 1 fully saturated rings. The first-order valence-corrected chi connectivity index (χ1v) is 9.84. The molecule has 0 bridgehead atoms. The largest absolute Gasteiger partial charge is 0.344 e. The minimum atomic E-state index is -0.643. The summed E-state index contributed by atoms with van der Waals surface area (Å²) in [5.41, 5.74) is 1.96. The number of thiophene rings is 1. The highest BCUT2D eigenvalue weighted by atomic mass is 32.2. The van der Waals surface area contributed by atoms with E-state index in [0.29, 0.717) is 5.56 Å². The van der Waals surface area contributed by atoms with Crippen LogP contribution in [0.25, 0.3) is 11.1 Å². The van der Waals surface area contributed by atoms with Crippen molar-refractivity contribution in [1.82, 2.24) is 10.2 Å². The number of amides is 1. The van der Waals surface area contributed by atoms with Gasteiger partial charge in [0, 0.05) is 11.9 Å². The standard InChI is InChI=1S/C18H18N4OS2/c1-18(15(24-3)16(23)22(2)17(20)21-18)14-8-13(10-25-14)12-6-4-5-11(7-12)9-19/h4-8,10,15H,1-3H3,(H2,20,21)/t15-,18-/m1/s1. The summed E-state index contributed by atoms with van der Waals surface area (Å²) in [5.74, 6) is 0.0411. The lowest BCUT2D eigenvalue weighted by atomic mass is 9.91. The zero-order chi connectivity index (χ0) is 18.2. The van der Waals surface area contributed by atoms with Crippen molar-refractivity contribution in [2.24, 2.45) is 0 Å². The number of guanidine groups is 1. The summed E-state index contributed by atoms with van der Waals surface area (Å²) in [4.78, 5) is 15.0. The molecule has 0 spiro atoms. The van der Waals surface area contributed by atoms with Crippen LogP contribution in [-0.2, 0) is 10.3 Å². The number of nitrogens with one attached hydrogen (secondary N) is 2. The number of thioether (sulfide) groups is 1. The van der Waals surface area contributed by atoms with Crippen LogP contribution in [0.15, 0.2) is 35.7 Å². The Kier molecular flexibility index (Phi) is 4.58. The van der Waals surface area contributed by atoms with E-state index in [1.807, 2.05) is 42.8 Å². The van der Waals surface area contributed by atoms with E-state index in [0.717, 1.165) is 16.0 Å². The summed E-state index contributed by atoms with van der Waals surface area (Å²) in [6.45, 7) is 1.97. The molecule has 1 aliphatic heterocycles. The van der Waals surface area contributed by atoms with E-state index in [-0.39, 0.29) is 17.1 Å². The highest BCUT2D eigenvalue weighted by Gasteiger charge is 2.48. The second-order valence-electron chi connectivity index (χ2n) is 6.08. The molecule has 1 aromatic carbocycles. The lowest BCUT2D eigenvalue weighted by Gasteiger charge is -2.44. The van der Waals surface area contributed by atoms with Gasteiger partial charge < -0.3 is 5.32 Å². The third kappa shape index (κ3) is 2.92. The molecule has 0 saturated carbocycles. The Bertz CT molecular complexity index is 885. The second kappa shape index (κ2) is 6.54. The number of hydrogen-bond acceptors (Lipinski definition) is 5. The van der Waals surface area contributed by atoms with Crippen molar-refractivity contribution in [3.05, 3.63) is 46.2 Å². The Morgan fingerprint density at radius 3 is 2.84 bits per heavy atom. The number of rotatable bonds is 3. The molecule has 1 amide bonds. The van der Waals surface area contributed by atoms with E-state index in [1.54, 1.807) is 24.5 Å². The van der Waals surface area contributed by atoms with Crippen LogP contribution in [0, 0.1) is 16.7 Å². The molecule has 25 heavy (non-hydrogen) atoms. The van der Waals surface area contributed by atoms with Crippen LogP contribution in [0.2, 0.25) is 0 Å². The van der Waals surface area contributed by atoms with Gasteiger partial charge in [-0.05, 0) is 47.9 Å². The Labute approximate surface area is 155 Å². The average molecular weight is 371 g/mol. The number of carbonyl (C=O) groups is 1. The third-order valence-electron chi connectivity index (χ3n) is 4.46. The van der Waals surface area contributed by atoms with Crippen molar-refractivity contribution in [2.75, 3.05) is 13.3 Å². The van der Waals surface area contributed by atoms with E-state index >= 15 is 0 Å². The van der Waals surface area contributed by atoms with Crippen molar-refractivity contribution in [3.63, 3.8) is 0 Å². The van der Waals surface area contributed by atoms with Crippen LogP contribution in [-0.4, -0.2) is 35.3 Å². The molecule has 0 radical (unpaired) electrons. The van der Waals surface area contributed by atoms with Crippen LogP contribution in [0.3, 0.4) is 0 Å². The maximum atomic E-state index is 12.6. The predicted octanol–water partition coefficient (Wildman–Crippen LogP) is 3.23. The quantitative estimate of drug-likeness (QED) is 0.869. The van der Waals surface area contributed by atoms with E-state index in [1.165, 1.54) is 16.7 Å². The predicted molar refractivity (Wildman–Crippen MR) is 103 cm³/mol. The van der Waals surface area contributed by atoms with Crippen LogP contribution in [0.4, 0.5) is 0 Å². The van der Waals surface area contributed by atoms with Crippen LogP contribution >= 0.6 is 23.1 Å². The summed E-state index contributed by atoms with van der Waals surface area (Å²) < 4.78 is 0. The molecule has 7 heteroatoms. The smallest absolute Gasteiger partial charge is 0.244 e. The Hall–Kier alpha value is -2.30. The molecule has 5 nitrogen and oxygen atoms in total. The van der Waals surface area contributed by atoms with E-state index in [9.17, 15) is 4.79 Å².